The van der Waals surface area contributed by atoms with E-state index < -0.39 is 52.8 Å². The first-order chi connectivity index (χ1) is 20.7. The van der Waals surface area contributed by atoms with Crippen LogP contribution in [0, 0.1) is 0 Å². The molecule has 2 atom stereocenters. The molecule has 2 rings (SSSR count). The predicted molar refractivity (Wildman–Crippen MR) is 168 cm³/mol. The number of carbonyl (C=O) groups is 3. The molecule has 0 aliphatic heterocycles. The Hall–Kier alpha value is -2.65. The number of nitrogens with zero attached hydrogens (tertiary/aromatic N) is 1. The highest BCUT2D eigenvalue weighted by molar-refractivity contribution is 7.89. The van der Waals surface area contributed by atoms with Crippen molar-refractivity contribution in [3.8, 4) is 0 Å². The number of carboxylic acid groups (broad SMARTS) is 1. The molecule has 0 heterocycles. The van der Waals surface area contributed by atoms with Crippen LogP contribution in [0.5, 0.6) is 0 Å². The Labute approximate surface area is 272 Å². The maximum Gasteiger partial charge on any atom is 0.405 e. The summed E-state index contributed by atoms with van der Waals surface area (Å²) < 4.78 is 39.3. The highest BCUT2D eigenvalue weighted by Crippen LogP contribution is 2.24. The van der Waals surface area contributed by atoms with Crippen LogP contribution < -0.4 is 15.4 Å². The maximum absolute atomic E-state index is 13.9. The fraction of sp³-hybridized carbons (Fsp3) is 0.464. The van der Waals surface area contributed by atoms with E-state index in [1.165, 1.54) is 23.1 Å². The van der Waals surface area contributed by atoms with Crippen molar-refractivity contribution in [3.05, 3.63) is 63.1 Å². The molecule has 0 bridgehead atoms. The van der Waals surface area contributed by atoms with Crippen molar-refractivity contribution >= 4 is 62.7 Å². The summed E-state index contributed by atoms with van der Waals surface area (Å²) in [4.78, 5) is 40.1. The van der Waals surface area contributed by atoms with Gasteiger partial charge in [0.05, 0.1) is 11.6 Å². The number of halogens is 3. The lowest BCUT2D eigenvalue weighted by molar-refractivity contribution is -0.163. The van der Waals surface area contributed by atoms with Crippen LogP contribution in [0.2, 0.25) is 15.1 Å². The van der Waals surface area contributed by atoms with Crippen molar-refractivity contribution < 1.29 is 37.4 Å². The lowest BCUT2D eigenvalue weighted by atomic mass is 10.0. The van der Waals surface area contributed by atoms with E-state index in [4.69, 9.17) is 44.3 Å². The van der Waals surface area contributed by atoms with Crippen LogP contribution in [0.4, 0.5) is 4.79 Å². The van der Waals surface area contributed by atoms with Gasteiger partial charge in [0.25, 0.3) is 0 Å². The van der Waals surface area contributed by atoms with Gasteiger partial charge in [-0.1, -0.05) is 46.9 Å². The van der Waals surface area contributed by atoms with E-state index >= 15 is 0 Å². The molecular weight excluding hydrogens is 659 g/mol. The third kappa shape index (κ3) is 11.7. The molecule has 0 aliphatic carbocycles. The van der Waals surface area contributed by atoms with Gasteiger partial charge in [-0.3, -0.25) is 9.59 Å². The summed E-state index contributed by atoms with van der Waals surface area (Å²) in [7, 11) is -4.29. The molecule has 4 N–H and O–H groups in total. The van der Waals surface area contributed by atoms with Crippen molar-refractivity contribution in [1.29, 1.82) is 0 Å². The third-order valence-electron chi connectivity index (χ3n) is 6.20. The SMILES string of the molecule is CCOC(CN(C(=O)C(Cc1ccc(Cl)cc1)NC(=O)C(CNS(=O)(=O)c1ccc(Cl)cc1Cl)NC(=O)O)C(C)C)OCC. The predicted octanol–water partition coefficient (Wildman–Crippen LogP) is 3.92. The van der Waals surface area contributed by atoms with Gasteiger partial charge in [0, 0.05) is 42.3 Å². The number of hydrogen-bond acceptors (Lipinski definition) is 7. The van der Waals surface area contributed by atoms with Crippen LogP contribution in [0.25, 0.3) is 0 Å². The van der Waals surface area contributed by atoms with E-state index in [0.717, 1.165) is 0 Å². The standard InChI is InChI=1S/C28H37Cl3N4O8S/c1-5-42-25(43-6-2)16-35(17(3)4)27(37)22(13-18-7-9-19(29)10-8-18)33-26(36)23(34-28(38)39)15-32-44(40,41)24-12-11-20(30)14-21(24)31/h7-12,14,17,22-23,25,32,34H,5-6,13,15-16H2,1-4H3,(H,33,36)(H,38,39). The molecule has 0 saturated carbocycles. The number of hydrogen-bond donors (Lipinski definition) is 4. The fourth-order valence-electron chi connectivity index (χ4n) is 4.09. The number of carbonyl (C=O) groups excluding carboxylic acids is 2. The van der Waals surface area contributed by atoms with Gasteiger partial charge in [-0.25, -0.2) is 17.9 Å². The van der Waals surface area contributed by atoms with Gasteiger partial charge in [0.15, 0.2) is 6.29 Å². The molecule has 2 unspecified atom stereocenters. The largest absolute Gasteiger partial charge is 0.465 e. The van der Waals surface area contributed by atoms with Crippen molar-refractivity contribution in [2.24, 2.45) is 0 Å². The Balaban J connectivity index is 2.37. The molecule has 0 saturated heterocycles. The number of ether oxygens (including phenoxy) is 2. The zero-order valence-corrected chi connectivity index (χ0v) is 27.8. The van der Waals surface area contributed by atoms with Crippen molar-refractivity contribution in [3.63, 3.8) is 0 Å². The Morgan fingerprint density at radius 1 is 0.909 bits per heavy atom. The summed E-state index contributed by atoms with van der Waals surface area (Å²) in [5.74, 6) is -1.44. The van der Waals surface area contributed by atoms with E-state index in [9.17, 15) is 27.9 Å². The van der Waals surface area contributed by atoms with Crippen LogP contribution in [0.1, 0.15) is 33.3 Å². The Morgan fingerprint density at radius 3 is 2.02 bits per heavy atom. The zero-order valence-electron chi connectivity index (χ0n) is 24.7. The molecule has 44 heavy (non-hydrogen) atoms. The average Bonchev–Trinajstić information content (AvgIpc) is 2.94. The minimum Gasteiger partial charge on any atom is -0.465 e. The molecule has 244 valence electrons. The summed E-state index contributed by atoms with van der Waals surface area (Å²) in [5.41, 5.74) is 0.656. The van der Waals surface area contributed by atoms with Crippen LogP contribution in [-0.4, -0.2) is 87.1 Å². The molecular formula is C28H37Cl3N4O8S. The van der Waals surface area contributed by atoms with Crippen LogP contribution >= 0.6 is 34.8 Å². The van der Waals surface area contributed by atoms with Gasteiger partial charge in [-0.05, 0) is 63.6 Å². The number of amides is 3. The normalized spacial score (nSPS) is 13.0. The second-order valence-electron chi connectivity index (χ2n) is 9.75. The van der Waals surface area contributed by atoms with Crippen LogP contribution in [0.3, 0.4) is 0 Å². The Morgan fingerprint density at radius 2 is 1.50 bits per heavy atom. The molecule has 12 nitrogen and oxygen atoms in total. The molecule has 0 aromatic heterocycles. The van der Waals surface area contributed by atoms with Crippen LogP contribution in [0.15, 0.2) is 47.4 Å². The topological polar surface area (TPSA) is 163 Å². The van der Waals surface area contributed by atoms with Gasteiger partial charge in [-0.15, -0.1) is 0 Å². The Kier molecular flexibility index (Phi) is 15.1. The molecule has 2 aromatic carbocycles. The lowest BCUT2D eigenvalue weighted by Gasteiger charge is -2.34. The third-order valence-corrected chi connectivity index (χ3v) is 8.59. The highest BCUT2D eigenvalue weighted by atomic mass is 35.5. The summed E-state index contributed by atoms with van der Waals surface area (Å²) in [5, 5.41) is 14.5. The second kappa shape index (κ2) is 17.7. The van der Waals surface area contributed by atoms with Crippen molar-refractivity contribution in [2.45, 2.75) is 63.4 Å². The average molecular weight is 696 g/mol. The molecule has 0 fully saturated rings. The number of sulfonamides is 1. The minimum atomic E-state index is -4.29. The summed E-state index contributed by atoms with van der Waals surface area (Å²) >= 11 is 17.9. The van der Waals surface area contributed by atoms with Crippen molar-refractivity contribution in [1.82, 2.24) is 20.3 Å². The summed E-state index contributed by atoms with van der Waals surface area (Å²) in [6.07, 6.45) is -2.29. The van der Waals surface area contributed by atoms with E-state index in [2.05, 4.69) is 10.0 Å². The second-order valence-corrected chi connectivity index (χ2v) is 12.8. The molecule has 16 heteroatoms. The zero-order chi connectivity index (χ0) is 33.0. The van der Waals surface area contributed by atoms with Crippen molar-refractivity contribution in [2.75, 3.05) is 26.3 Å². The minimum absolute atomic E-state index is 0.0187. The van der Waals surface area contributed by atoms with E-state index in [1.54, 1.807) is 52.0 Å². The molecule has 3 amide bonds. The first-order valence-electron chi connectivity index (χ1n) is 13.7. The van der Waals surface area contributed by atoms with E-state index in [0.29, 0.717) is 23.8 Å². The fourth-order valence-corrected chi connectivity index (χ4v) is 6.04. The van der Waals surface area contributed by atoms with Crippen LogP contribution in [-0.2, 0) is 35.5 Å². The first-order valence-corrected chi connectivity index (χ1v) is 16.3. The molecule has 0 spiro atoms. The van der Waals surface area contributed by atoms with E-state index in [-0.39, 0.29) is 33.9 Å². The number of nitrogens with one attached hydrogen (secondary N) is 3. The first kappa shape index (κ1) is 37.5. The molecule has 0 radical (unpaired) electrons. The van der Waals surface area contributed by atoms with Gasteiger partial charge in [0.2, 0.25) is 21.8 Å². The molecule has 2 aromatic rings. The van der Waals surface area contributed by atoms with E-state index in [1.807, 2.05) is 5.32 Å². The number of rotatable bonds is 17. The van der Waals surface area contributed by atoms with Gasteiger partial charge < -0.3 is 30.1 Å². The quantitative estimate of drug-likeness (QED) is 0.181. The van der Waals surface area contributed by atoms with Gasteiger partial charge in [0.1, 0.15) is 17.0 Å². The lowest BCUT2D eigenvalue weighted by Crippen LogP contribution is -2.59. The summed E-state index contributed by atoms with van der Waals surface area (Å²) in [6, 6.07) is 7.21. The van der Waals surface area contributed by atoms with Gasteiger partial charge in [-0.2, -0.15) is 0 Å². The highest BCUT2D eigenvalue weighted by Gasteiger charge is 2.33. The number of benzene rings is 2. The molecule has 0 aliphatic rings. The maximum atomic E-state index is 13.9. The summed E-state index contributed by atoms with van der Waals surface area (Å²) in [6.45, 7) is 7.23. The Bertz CT molecular complexity index is 1370. The van der Waals surface area contributed by atoms with Gasteiger partial charge >= 0.3 is 6.09 Å². The smallest absolute Gasteiger partial charge is 0.405 e. The monoisotopic (exact) mass is 694 g/mol.